The maximum Gasteiger partial charge on any atom is 0.339 e. The van der Waals surface area contributed by atoms with Crippen molar-refractivity contribution < 1.29 is 19.1 Å². The van der Waals surface area contributed by atoms with Gasteiger partial charge in [0.1, 0.15) is 17.1 Å². The molecule has 2 amide bonds. The van der Waals surface area contributed by atoms with Crippen LogP contribution < -0.4 is 10.9 Å². The number of hydrogen-bond donors (Lipinski definition) is 2. The van der Waals surface area contributed by atoms with E-state index in [0.29, 0.717) is 0 Å². The van der Waals surface area contributed by atoms with Gasteiger partial charge in [0, 0.05) is 0 Å². The molecule has 1 aliphatic rings. The van der Waals surface area contributed by atoms with Crippen LogP contribution in [0.15, 0.2) is 15.3 Å². The van der Waals surface area contributed by atoms with Gasteiger partial charge in [0.05, 0.1) is 12.5 Å². The van der Waals surface area contributed by atoms with Crippen LogP contribution in [0.1, 0.15) is 16.1 Å². The Bertz CT molecular complexity index is 487. The molecule has 1 aromatic heterocycles. The van der Waals surface area contributed by atoms with E-state index in [-0.39, 0.29) is 17.7 Å². The van der Waals surface area contributed by atoms with Crippen molar-refractivity contribution in [2.45, 2.75) is 6.42 Å². The van der Waals surface area contributed by atoms with Gasteiger partial charge in [-0.05, 0) is 0 Å². The smallest absolute Gasteiger partial charge is 0.339 e. The third-order valence-electron chi connectivity index (χ3n) is 1.81. The molecule has 72 valence electrons. The summed E-state index contributed by atoms with van der Waals surface area (Å²) in [5.74, 6) is -1.88. The third-order valence-corrected chi connectivity index (χ3v) is 1.81. The van der Waals surface area contributed by atoms with E-state index in [1.165, 1.54) is 0 Å². The molecule has 0 radical (unpaired) electrons. The Labute approximate surface area is 77.2 Å². The molecule has 14 heavy (non-hydrogen) atoms. The lowest BCUT2D eigenvalue weighted by molar-refractivity contribution is -0.120. The highest BCUT2D eigenvalue weighted by Crippen LogP contribution is 2.21. The van der Waals surface area contributed by atoms with Gasteiger partial charge in [-0.2, -0.15) is 0 Å². The van der Waals surface area contributed by atoms with Crippen LogP contribution >= 0.6 is 0 Å². The molecule has 0 aliphatic carbocycles. The van der Waals surface area contributed by atoms with Crippen LogP contribution in [0, 0.1) is 0 Å². The quantitative estimate of drug-likeness (QED) is 0.526. The Morgan fingerprint density at radius 3 is 2.79 bits per heavy atom. The van der Waals surface area contributed by atoms with Crippen LogP contribution in [-0.4, -0.2) is 16.9 Å². The fourth-order valence-electron chi connectivity index (χ4n) is 1.28. The molecule has 0 fully saturated rings. The summed E-state index contributed by atoms with van der Waals surface area (Å²) in [6.07, 6.45) is -0.218. The van der Waals surface area contributed by atoms with Crippen LogP contribution in [0.4, 0.5) is 0 Å². The first-order valence-corrected chi connectivity index (χ1v) is 3.78. The van der Waals surface area contributed by atoms with E-state index in [1.807, 2.05) is 5.32 Å². The lowest BCUT2D eigenvalue weighted by atomic mass is 10.1. The lowest BCUT2D eigenvalue weighted by Gasteiger charge is -2.13. The molecule has 0 spiro atoms. The molecule has 6 nitrogen and oxygen atoms in total. The molecule has 0 aromatic carbocycles. The van der Waals surface area contributed by atoms with Crippen molar-refractivity contribution in [3.8, 4) is 5.75 Å². The number of fused-ring (bicyclic) bond motifs is 1. The Kier molecular flexibility index (Phi) is 1.63. The second-order valence-electron chi connectivity index (χ2n) is 2.80. The molecule has 1 aromatic rings. The second-order valence-corrected chi connectivity index (χ2v) is 2.80. The molecule has 2 N–H and O–H groups in total. The number of hydrogen-bond acceptors (Lipinski definition) is 5. The Morgan fingerprint density at radius 2 is 2.07 bits per heavy atom. The first kappa shape index (κ1) is 8.49. The minimum absolute atomic E-state index is 0.0937. The molecule has 0 atom stereocenters. The van der Waals surface area contributed by atoms with Crippen LogP contribution in [-0.2, 0) is 11.2 Å². The summed E-state index contributed by atoms with van der Waals surface area (Å²) in [7, 11) is 0. The molecule has 2 rings (SSSR count). The zero-order chi connectivity index (χ0) is 10.3. The number of carbonyl (C=O) groups excluding carboxylic acids is 2. The van der Waals surface area contributed by atoms with Gasteiger partial charge in [-0.1, -0.05) is 0 Å². The van der Waals surface area contributed by atoms with E-state index >= 15 is 0 Å². The minimum atomic E-state index is -0.788. The van der Waals surface area contributed by atoms with Crippen LogP contribution in [0.25, 0.3) is 0 Å². The zero-order valence-electron chi connectivity index (χ0n) is 6.86. The minimum Gasteiger partial charge on any atom is -0.507 e. The van der Waals surface area contributed by atoms with Crippen molar-refractivity contribution in [1.29, 1.82) is 0 Å². The highest BCUT2D eigenvalue weighted by molar-refractivity contribution is 6.10. The number of amides is 2. The normalized spacial score (nSPS) is 14.9. The molecule has 0 unspecified atom stereocenters. The van der Waals surface area contributed by atoms with Crippen molar-refractivity contribution in [2.75, 3.05) is 0 Å². The van der Waals surface area contributed by atoms with Gasteiger partial charge >= 0.3 is 5.63 Å². The van der Waals surface area contributed by atoms with E-state index in [0.717, 1.165) is 6.07 Å². The largest absolute Gasteiger partial charge is 0.507 e. The fraction of sp³-hybridized carbons (Fsp3) is 0.125. The summed E-state index contributed by atoms with van der Waals surface area (Å²) in [4.78, 5) is 32.9. The number of imide groups is 1. The number of carbonyl (C=O) groups is 2. The van der Waals surface area contributed by atoms with E-state index in [2.05, 4.69) is 4.42 Å². The Morgan fingerprint density at radius 1 is 1.36 bits per heavy atom. The molecule has 0 bridgehead atoms. The highest BCUT2D eigenvalue weighted by atomic mass is 16.4. The topological polar surface area (TPSA) is 96.6 Å². The molecule has 0 saturated carbocycles. The maximum absolute atomic E-state index is 11.2. The third kappa shape index (κ3) is 1.17. The number of nitrogens with one attached hydrogen (secondary N) is 1. The summed E-state index contributed by atoms with van der Waals surface area (Å²) in [6.45, 7) is 0. The molecule has 2 heterocycles. The maximum atomic E-state index is 11.2. The predicted octanol–water partition coefficient (Wildman–Crippen LogP) is -0.842. The van der Waals surface area contributed by atoms with Crippen molar-refractivity contribution in [1.82, 2.24) is 5.32 Å². The van der Waals surface area contributed by atoms with Gasteiger partial charge in [-0.3, -0.25) is 14.9 Å². The standard InChI is InChI=1S/C8H5NO5/c10-3-1-6(12)14-4-2-5(11)9-8(13)7(3)4/h1,10H,2H2,(H,9,11,13). The molecule has 1 aliphatic heterocycles. The predicted molar refractivity (Wildman–Crippen MR) is 42.8 cm³/mol. The van der Waals surface area contributed by atoms with E-state index < -0.39 is 23.2 Å². The van der Waals surface area contributed by atoms with Crippen molar-refractivity contribution in [3.05, 3.63) is 27.8 Å². The Balaban J connectivity index is 2.70. The van der Waals surface area contributed by atoms with Crippen LogP contribution in [0.2, 0.25) is 0 Å². The monoisotopic (exact) mass is 195 g/mol. The van der Waals surface area contributed by atoms with Gasteiger partial charge in [0.25, 0.3) is 5.91 Å². The van der Waals surface area contributed by atoms with E-state index in [9.17, 15) is 19.5 Å². The summed E-state index contributed by atoms with van der Waals surface area (Å²) < 4.78 is 4.62. The zero-order valence-corrected chi connectivity index (χ0v) is 6.86. The van der Waals surface area contributed by atoms with Gasteiger partial charge in [0.15, 0.2) is 0 Å². The molecular weight excluding hydrogens is 190 g/mol. The van der Waals surface area contributed by atoms with E-state index in [4.69, 9.17) is 0 Å². The average molecular weight is 195 g/mol. The molecule has 0 saturated heterocycles. The average Bonchev–Trinajstić information content (AvgIpc) is 1.99. The fourth-order valence-corrected chi connectivity index (χ4v) is 1.28. The summed E-state index contributed by atoms with van der Waals surface area (Å²) in [5, 5.41) is 11.3. The Hall–Kier alpha value is -2.11. The van der Waals surface area contributed by atoms with Crippen LogP contribution in [0.5, 0.6) is 5.75 Å². The summed E-state index contributed by atoms with van der Waals surface area (Å²) in [6, 6.07) is 0.786. The highest BCUT2D eigenvalue weighted by Gasteiger charge is 2.28. The van der Waals surface area contributed by atoms with Crippen molar-refractivity contribution in [2.24, 2.45) is 0 Å². The molecular formula is C8H5NO5. The summed E-state index contributed by atoms with van der Waals surface area (Å²) in [5.41, 5.74) is -0.937. The van der Waals surface area contributed by atoms with Gasteiger partial charge in [-0.15, -0.1) is 0 Å². The number of rotatable bonds is 0. The molecule has 6 heteroatoms. The first-order chi connectivity index (χ1) is 6.58. The number of aromatic hydroxyl groups is 1. The van der Waals surface area contributed by atoms with Gasteiger partial charge in [0.2, 0.25) is 5.91 Å². The van der Waals surface area contributed by atoms with Crippen molar-refractivity contribution >= 4 is 11.8 Å². The van der Waals surface area contributed by atoms with Gasteiger partial charge < -0.3 is 9.52 Å². The SMILES string of the molecule is O=C1Cc2oc(=O)cc(O)c2C(=O)N1. The van der Waals surface area contributed by atoms with Gasteiger partial charge in [-0.25, -0.2) is 4.79 Å². The van der Waals surface area contributed by atoms with Crippen LogP contribution in [0.3, 0.4) is 0 Å². The van der Waals surface area contributed by atoms with E-state index in [1.54, 1.807) is 0 Å². The first-order valence-electron chi connectivity index (χ1n) is 3.78. The lowest BCUT2D eigenvalue weighted by Crippen LogP contribution is -2.37. The summed E-state index contributed by atoms with van der Waals surface area (Å²) >= 11 is 0. The van der Waals surface area contributed by atoms with Crippen molar-refractivity contribution in [3.63, 3.8) is 0 Å². The second kappa shape index (κ2) is 2.69.